The zero-order valence-corrected chi connectivity index (χ0v) is 15.9. The van der Waals surface area contributed by atoms with E-state index in [0.717, 1.165) is 24.1 Å². The Morgan fingerprint density at radius 1 is 1.19 bits per heavy atom. The molecule has 2 aliphatic rings. The molecule has 0 N–H and O–H groups in total. The van der Waals surface area contributed by atoms with Gasteiger partial charge in [-0.1, -0.05) is 36.2 Å². The molecule has 1 aromatic carbocycles. The number of aryl methyl sites for hydroxylation is 1. The number of Topliss-reactive ketones (excluding diaryl/α,β-unsaturated/α-hetero) is 1. The van der Waals surface area contributed by atoms with E-state index in [-0.39, 0.29) is 23.7 Å². The molecule has 2 aliphatic carbocycles. The standard InChI is InChI=1S/C21H24N2O2S/c1-14-5-7-15(8-6-14)13-23-9-10-26-21(23)22-20(25)18-11-16-3-2-4-17(12-18)19(16)24/h5-10,16-18H,2-4,11-13H2,1H3. The van der Waals surface area contributed by atoms with Gasteiger partial charge in [0.1, 0.15) is 5.78 Å². The number of carbonyl (C=O) groups excluding carboxylic acids is 2. The van der Waals surface area contributed by atoms with Crippen molar-refractivity contribution in [1.82, 2.24) is 4.57 Å². The van der Waals surface area contributed by atoms with Crippen molar-refractivity contribution in [3.8, 4) is 0 Å². The van der Waals surface area contributed by atoms with Gasteiger partial charge in [0.15, 0.2) is 4.80 Å². The van der Waals surface area contributed by atoms with E-state index < -0.39 is 0 Å². The van der Waals surface area contributed by atoms with Gasteiger partial charge < -0.3 is 4.57 Å². The Labute approximate surface area is 157 Å². The second-order valence-corrected chi connectivity index (χ2v) is 8.52. The third kappa shape index (κ3) is 3.58. The van der Waals surface area contributed by atoms with Gasteiger partial charge in [-0.2, -0.15) is 4.99 Å². The number of carbonyl (C=O) groups is 2. The second-order valence-electron chi connectivity index (χ2n) is 7.64. The van der Waals surface area contributed by atoms with Crippen LogP contribution in [0.3, 0.4) is 0 Å². The molecule has 2 bridgehead atoms. The Hall–Kier alpha value is -2.01. The zero-order chi connectivity index (χ0) is 18.1. The maximum absolute atomic E-state index is 12.8. The average Bonchev–Trinajstić information content (AvgIpc) is 3.03. The summed E-state index contributed by atoms with van der Waals surface area (Å²) in [4.78, 5) is 30.2. The number of nitrogens with zero attached hydrogens (tertiary/aromatic N) is 2. The summed E-state index contributed by atoms with van der Waals surface area (Å²) >= 11 is 1.49. The van der Waals surface area contributed by atoms with Crippen LogP contribution in [0.5, 0.6) is 0 Å². The van der Waals surface area contributed by atoms with Gasteiger partial charge in [-0.3, -0.25) is 9.59 Å². The molecule has 0 spiro atoms. The third-order valence-electron chi connectivity index (χ3n) is 5.74. The van der Waals surface area contributed by atoms with Crippen molar-refractivity contribution >= 4 is 23.0 Å². The monoisotopic (exact) mass is 368 g/mol. The number of benzene rings is 1. The van der Waals surface area contributed by atoms with Crippen molar-refractivity contribution in [3.05, 3.63) is 51.8 Å². The molecule has 2 unspecified atom stereocenters. The Morgan fingerprint density at radius 3 is 2.58 bits per heavy atom. The van der Waals surface area contributed by atoms with E-state index in [9.17, 15) is 9.59 Å². The minimum Gasteiger partial charge on any atom is -0.319 e. The van der Waals surface area contributed by atoms with E-state index >= 15 is 0 Å². The molecule has 0 radical (unpaired) electrons. The van der Waals surface area contributed by atoms with Crippen LogP contribution in [0.2, 0.25) is 0 Å². The topological polar surface area (TPSA) is 51.4 Å². The Morgan fingerprint density at radius 2 is 1.88 bits per heavy atom. The highest BCUT2D eigenvalue weighted by Crippen LogP contribution is 2.40. The van der Waals surface area contributed by atoms with E-state index in [2.05, 4.69) is 36.2 Å². The fourth-order valence-corrected chi connectivity index (χ4v) is 5.00. The lowest BCUT2D eigenvalue weighted by atomic mass is 9.67. The van der Waals surface area contributed by atoms with E-state index in [1.807, 2.05) is 16.1 Å². The molecular weight excluding hydrogens is 344 g/mol. The lowest BCUT2D eigenvalue weighted by Crippen LogP contribution is -2.39. The molecule has 0 aliphatic heterocycles. The zero-order valence-electron chi connectivity index (χ0n) is 15.1. The number of aromatic nitrogens is 1. The summed E-state index contributed by atoms with van der Waals surface area (Å²) in [5.41, 5.74) is 2.43. The second kappa shape index (κ2) is 7.31. The highest BCUT2D eigenvalue weighted by atomic mass is 32.1. The van der Waals surface area contributed by atoms with Crippen LogP contribution in [0.4, 0.5) is 0 Å². The molecule has 1 aromatic heterocycles. The molecule has 4 nitrogen and oxygen atoms in total. The lowest BCUT2D eigenvalue weighted by molar-refractivity contribution is -0.136. The minimum absolute atomic E-state index is 0.0468. The van der Waals surface area contributed by atoms with Gasteiger partial charge in [-0.15, -0.1) is 11.3 Å². The number of thiazole rings is 1. The van der Waals surface area contributed by atoms with E-state index in [1.165, 1.54) is 22.5 Å². The first-order valence-electron chi connectivity index (χ1n) is 9.42. The van der Waals surface area contributed by atoms with Crippen LogP contribution in [-0.2, 0) is 16.1 Å². The lowest BCUT2D eigenvalue weighted by Gasteiger charge is -2.36. The highest BCUT2D eigenvalue weighted by Gasteiger charge is 2.41. The summed E-state index contributed by atoms with van der Waals surface area (Å²) in [7, 11) is 0. The van der Waals surface area contributed by atoms with Crippen LogP contribution in [0, 0.1) is 24.7 Å². The van der Waals surface area contributed by atoms with Gasteiger partial charge in [0.05, 0.1) is 0 Å². The Kier molecular flexibility index (Phi) is 4.90. The van der Waals surface area contributed by atoms with Gasteiger partial charge in [-0.05, 0) is 38.2 Å². The van der Waals surface area contributed by atoms with Crippen LogP contribution < -0.4 is 4.80 Å². The van der Waals surface area contributed by atoms with Crippen LogP contribution in [0.15, 0.2) is 40.8 Å². The van der Waals surface area contributed by atoms with Crippen molar-refractivity contribution in [2.24, 2.45) is 22.7 Å². The number of rotatable bonds is 3. The molecule has 4 rings (SSSR count). The van der Waals surface area contributed by atoms with Gasteiger partial charge >= 0.3 is 0 Å². The summed E-state index contributed by atoms with van der Waals surface area (Å²) in [6, 6.07) is 8.42. The summed E-state index contributed by atoms with van der Waals surface area (Å²) < 4.78 is 2.03. The molecule has 2 atom stereocenters. The van der Waals surface area contributed by atoms with Crippen LogP contribution in [-0.4, -0.2) is 16.3 Å². The first kappa shape index (κ1) is 17.4. The van der Waals surface area contributed by atoms with Crippen molar-refractivity contribution in [1.29, 1.82) is 0 Å². The summed E-state index contributed by atoms with van der Waals surface area (Å²) in [6.07, 6.45) is 6.40. The predicted molar refractivity (Wildman–Crippen MR) is 102 cm³/mol. The van der Waals surface area contributed by atoms with Crippen LogP contribution in [0.1, 0.15) is 43.2 Å². The molecule has 26 heavy (non-hydrogen) atoms. The van der Waals surface area contributed by atoms with Gasteiger partial charge in [0.25, 0.3) is 5.91 Å². The van der Waals surface area contributed by atoms with Crippen molar-refractivity contribution in [2.45, 2.75) is 45.6 Å². The van der Waals surface area contributed by atoms with Gasteiger partial charge in [-0.25, -0.2) is 0 Å². The summed E-state index contributed by atoms with van der Waals surface area (Å²) in [5.74, 6) is 0.447. The SMILES string of the molecule is Cc1ccc(Cn2ccsc2=NC(=O)C2CC3CCCC(C2)C3=O)cc1. The van der Waals surface area contributed by atoms with Crippen LogP contribution >= 0.6 is 11.3 Å². The molecule has 1 amide bonds. The first-order valence-corrected chi connectivity index (χ1v) is 10.3. The fourth-order valence-electron chi connectivity index (χ4n) is 4.26. The molecule has 2 fully saturated rings. The average molecular weight is 369 g/mol. The predicted octanol–water partition coefficient (Wildman–Crippen LogP) is 3.73. The fraction of sp³-hybridized carbons (Fsp3) is 0.476. The Balaban J connectivity index is 1.52. The largest absolute Gasteiger partial charge is 0.319 e. The molecule has 2 aromatic rings. The first-order chi connectivity index (χ1) is 12.6. The molecule has 2 saturated carbocycles. The normalized spacial score (nSPS) is 26.1. The van der Waals surface area contributed by atoms with E-state index in [1.54, 1.807) is 0 Å². The quantitative estimate of drug-likeness (QED) is 0.829. The third-order valence-corrected chi connectivity index (χ3v) is 6.53. The smallest absolute Gasteiger partial charge is 0.251 e. The number of amides is 1. The van der Waals surface area contributed by atoms with Crippen LogP contribution in [0.25, 0.3) is 0 Å². The van der Waals surface area contributed by atoms with E-state index in [4.69, 9.17) is 0 Å². The Bertz CT molecular complexity index is 862. The number of ketones is 1. The number of hydrogen-bond donors (Lipinski definition) is 0. The van der Waals surface area contributed by atoms with Crippen molar-refractivity contribution < 1.29 is 9.59 Å². The molecule has 5 heteroatoms. The minimum atomic E-state index is -0.0853. The van der Waals surface area contributed by atoms with E-state index in [0.29, 0.717) is 25.2 Å². The summed E-state index contributed by atoms with van der Waals surface area (Å²) in [5, 5.41) is 1.97. The molecule has 0 saturated heterocycles. The number of fused-ring (bicyclic) bond motifs is 2. The summed E-state index contributed by atoms with van der Waals surface area (Å²) in [6.45, 7) is 2.79. The maximum Gasteiger partial charge on any atom is 0.251 e. The maximum atomic E-state index is 12.8. The van der Waals surface area contributed by atoms with Gasteiger partial charge in [0.2, 0.25) is 0 Å². The van der Waals surface area contributed by atoms with Crippen molar-refractivity contribution in [2.75, 3.05) is 0 Å². The van der Waals surface area contributed by atoms with Crippen molar-refractivity contribution in [3.63, 3.8) is 0 Å². The number of hydrogen-bond acceptors (Lipinski definition) is 3. The molecule has 136 valence electrons. The molecular formula is C21H24N2O2S. The van der Waals surface area contributed by atoms with Gasteiger partial charge in [0, 0.05) is 35.9 Å². The molecule has 1 heterocycles. The highest BCUT2D eigenvalue weighted by molar-refractivity contribution is 7.07.